The Bertz CT molecular complexity index is 1590. The van der Waals surface area contributed by atoms with E-state index in [1.165, 1.54) is 43.3 Å². The van der Waals surface area contributed by atoms with Gasteiger partial charge < -0.3 is 5.32 Å². The number of carbonyl (C=O) groups is 1. The standard InChI is InChI=1S/C22H17F3N4O4S/c1-12-16(20(30)27-14-10-6-7-11-15(14)34(2,32)33)21(31)29-19(26-12)17(13-8-4-3-5-9-13)18(28-29)22(23,24)25/h3-11,28H,1-2H3,(H,27,30). The number of fused-ring (bicyclic) bond motifs is 1. The molecule has 2 aromatic carbocycles. The van der Waals surface area contributed by atoms with E-state index in [1.807, 2.05) is 5.10 Å². The van der Waals surface area contributed by atoms with Crippen molar-refractivity contribution in [3.8, 4) is 11.1 Å². The molecular weight excluding hydrogens is 473 g/mol. The second-order valence-electron chi connectivity index (χ2n) is 7.48. The highest BCUT2D eigenvalue weighted by atomic mass is 32.2. The fourth-order valence-electron chi connectivity index (χ4n) is 3.60. The summed E-state index contributed by atoms with van der Waals surface area (Å²) < 4.78 is 66.0. The van der Waals surface area contributed by atoms with E-state index in [0.717, 1.165) is 6.26 Å². The van der Waals surface area contributed by atoms with Crippen LogP contribution in [0.2, 0.25) is 0 Å². The maximum Gasteiger partial charge on any atom is 0.433 e. The highest BCUT2D eigenvalue weighted by molar-refractivity contribution is 7.90. The van der Waals surface area contributed by atoms with Crippen LogP contribution < -0.4 is 10.9 Å². The normalized spacial score (nSPS) is 12.1. The summed E-state index contributed by atoms with van der Waals surface area (Å²) in [5.74, 6) is -1.01. The fourth-order valence-corrected chi connectivity index (χ4v) is 4.45. The summed E-state index contributed by atoms with van der Waals surface area (Å²) in [6.45, 7) is 1.31. The number of nitrogens with one attached hydrogen (secondary N) is 2. The molecule has 0 aliphatic heterocycles. The maximum atomic E-state index is 13.8. The van der Waals surface area contributed by atoms with Gasteiger partial charge in [-0.2, -0.15) is 17.7 Å². The Kier molecular flexibility index (Phi) is 5.56. The van der Waals surface area contributed by atoms with Gasteiger partial charge in [0.1, 0.15) is 11.3 Å². The van der Waals surface area contributed by atoms with Crippen LogP contribution in [0.1, 0.15) is 21.7 Å². The number of amides is 1. The van der Waals surface area contributed by atoms with Crippen molar-refractivity contribution in [1.82, 2.24) is 14.6 Å². The number of benzene rings is 2. The van der Waals surface area contributed by atoms with E-state index >= 15 is 0 Å². The lowest BCUT2D eigenvalue weighted by Gasteiger charge is -2.11. The van der Waals surface area contributed by atoms with Crippen molar-refractivity contribution >= 4 is 27.1 Å². The van der Waals surface area contributed by atoms with Gasteiger partial charge in [-0.1, -0.05) is 42.5 Å². The largest absolute Gasteiger partial charge is 0.433 e. The molecule has 0 saturated carbocycles. The van der Waals surface area contributed by atoms with Crippen LogP contribution >= 0.6 is 0 Å². The molecule has 12 heteroatoms. The number of hydrogen-bond donors (Lipinski definition) is 2. The number of sulfone groups is 1. The SMILES string of the molecule is Cc1nc2c(-c3ccccc3)c(C(F)(F)F)[nH]n2c(=O)c1C(=O)Nc1ccccc1S(C)(=O)=O. The number of aryl methyl sites for hydroxylation is 1. The summed E-state index contributed by atoms with van der Waals surface area (Å²) in [6, 6.07) is 13.2. The summed E-state index contributed by atoms with van der Waals surface area (Å²) in [5.41, 5.74) is -3.44. The summed E-state index contributed by atoms with van der Waals surface area (Å²) >= 11 is 0. The number of aromatic amines is 1. The average molecular weight is 490 g/mol. The number of H-pyrrole nitrogens is 1. The molecule has 0 unspecified atom stereocenters. The Balaban J connectivity index is 1.91. The van der Waals surface area contributed by atoms with Crippen LogP contribution in [-0.4, -0.2) is 35.2 Å². The number of rotatable bonds is 4. The lowest BCUT2D eigenvalue weighted by molar-refractivity contribution is -0.140. The van der Waals surface area contributed by atoms with Crippen LogP contribution in [-0.2, 0) is 16.0 Å². The number of nitrogens with zero attached hydrogens (tertiary/aromatic N) is 2. The molecule has 0 aliphatic carbocycles. The molecule has 4 aromatic rings. The second-order valence-corrected chi connectivity index (χ2v) is 9.47. The van der Waals surface area contributed by atoms with Gasteiger partial charge in [0, 0.05) is 6.26 Å². The number of hydrogen-bond acceptors (Lipinski definition) is 5. The zero-order valence-electron chi connectivity index (χ0n) is 17.8. The molecule has 0 saturated heterocycles. The Hall–Kier alpha value is -3.93. The number of anilines is 1. The van der Waals surface area contributed by atoms with E-state index in [0.29, 0.717) is 4.52 Å². The number of alkyl halides is 3. The Morgan fingerprint density at radius 1 is 1.06 bits per heavy atom. The van der Waals surface area contributed by atoms with Crippen LogP contribution in [0.5, 0.6) is 0 Å². The Morgan fingerprint density at radius 2 is 1.68 bits per heavy atom. The number of aromatic nitrogens is 3. The van der Waals surface area contributed by atoms with Crippen molar-refractivity contribution in [1.29, 1.82) is 0 Å². The quantitative estimate of drug-likeness (QED) is 0.453. The van der Waals surface area contributed by atoms with E-state index in [-0.39, 0.29) is 33.1 Å². The molecule has 0 atom stereocenters. The fraction of sp³-hybridized carbons (Fsp3) is 0.136. The monoisotopic (exact) mass is 490 g/mol. The smallest absolute Gasteiger partial charge is 0.321 e. The molecular formula is C22H17F3N4O4S. The molecule has 0 bridgehead atoms. The average Bonchev–Trinajstić information content (AvgIpc) is 3.14. The van der Waals surface area contributed by atoms with E-state index in [1.54, 1.807) is 18.2 Å². The maximum absolute atomic E-state index is 13.8. The number of carbonyl (C=O) groups excluding carboxylic acids is 1. The molecule has 2 N–H and O–H groups in total. The van der Waals surface area contributed by atoms with Gasteiger partial charge in [0.2, 0.25) is 0 Å². The van der Waals surface area contributed by atoms with E-state index < -0.39 is 38.7 Å². The predicted octanol–water partition coefficient (Wildman–Crippen LogP) is 3.67. The first-order valence-electron chi connectivity index (χ1n) is 9.78. The van der Waals surface area contributed by atoms with Crippen LogP contribution in [0, 0.1) is 6.92 Å². The molecule has 0 aliphatic rings. The molecule has 0 fully saturated rings. The molecule has 4 rings (SSSR count). The summed E-state index contributed by atoms with van der Waals surface area (Å²) in [7, 11) is -3.71. The van der Waals surface area contributed by atoms with E-state index in [2.05, 4.69) is 10.3 Å². The molecule has 0 spiro atoms. The van der Waals surface area contributed by atoms with Gasteiger partial charge in [0.15, 0.2) is 15.5 Å². The zero-order chi connectivity index (χ0) is 24.8. The second kappa shape index (κ2) is 8.13. The third-order valence-electron chi connectivity index (χ3n) is 5.07. The predicted molar refractivity (Wildman–Crippen MR) is 118 cm³/mol. The van der Waals surface area contributed by atoms with Crippen molar-refractivity contribution < 1.29 is 26.4 Å². The van der Waals surface area contributed by atoms with Crippen molar-refractivity contribution in [2.75, 3.05) is 11.6 Å². The van der Waals surface area contributed by atoms with Crippen molar-refractivity contribution in [3.05, 3.63) is 81.9 Å². The van der Waals surface area contributed by atoms with E-state index in [9.17, 15) is 31.2 Å². The topological polar surface area (TPSA) is 113 Å². The zero-order valence-corrected chi connectivity index (χ0v) is 18.6. The van der Waals surface area contributed by atoms with Crippen LogP contribution in [0.4, 0.5) is 18.9 Å². The van der Waals surface area contributed by atoms with Gasteiger partial charge in [-0.05, 0) is 24.6 Å². The molecule has 34 heavy (non-hydrogen) atoms. The van der Waals surface area contributed by atoms with Crippen molar-refractivity contribution in [3.63, 3.8) is 0 Å². The van der Waals surface area contributed by atoms with Gasteiger partial charge >= 0.3 is 6.18 Å². The lowest BCUT2D eigenvalue weighted by atomic mass is 10.1. The van der Waals surface area contributed by atoms with Crippen molar-refractivity contribution in [2.24, 2.45) is 0 Å². The molecule has 2 aromatic heterocycles. The number of halogens is 3. The highest BCUT2D eigenvalue weighted by Gasteiger charge is 2.38. The number of para-hydroxylation sites is 1. The third-order valence-corrected chi connectivity index (χ3v) is 6.22. The minimum Gasteiger partial charge on any atom is -0.321 e. The summed E-state index contributed by atoms with van der Waals surface area (Å²) in [5, 5.41) is 4.39. The minimum atomic E-state index is -4.84. The van der Waals surface area contributed by atoms with Gasteiger partial charge in [-0.3, -0.25) is 14.7 Å². The molecule has 1 amide bonds. The first kappa shape index (κ1) is 23.2. The Morgan fingerprint density at radius 3 is 2.29 bits per heavy atom. The van der Waals surface area contributed by atoms with Crippen LogP contribution in [0.25, 0.3) is 16.8 Å². The Labute approximate surface area is 191 Å². The summed E-state index contributed by atoms with van der Waals surface area (Å²) in [4.78, 5) is 30.0. The van der Waals surface area contributed by atoms with Gasteiger partial charge in [-0.25, -0.2) is 13.4 Å². The molecule has 2 heterocycles. The molecule has 0 radical (unpaired) electrons. The molecule has 176 valence electrons. The third kappa shape index (κ3) is 4.07. The molecule has 8 nitrogen and oxygen atoms in total. The minimum absolute atomic E-state index is 0.0775. The summed E-state index contributed by atoms with van der Waals surface area (Å²) in [6.07, 6.45) is -3.88. The first-order chi connectivity index (χ1) is 15.9. The highest BCUT2D eigenvalue weighted by Crippen LogP contribution is 2.38. The van der Waals surface area contributed by atoms with E-state index in [4.69, 9.17) is 0 Å². The van der Waals surface area contributed by atoms with Crippen molar-refractivity contribution in [2.45, 2.75) is 18.0 Å². The van der Waals surface area contributed by atoms with Crippen LogP contribution in [0.15, 0.2) is 64.3 Å². The lowest BCUT2D eigenvalue weighted by Crippen LogP contribution is -2.29. The van der Waals surface area contributed by atoms with Crippen LogP contribution in [0.3, 0.4) is 0 Å². The van der Waals surface area contributed by atoms with Gasteiger partial charge in [-0.15, -0.1) is 0 Å². The first-order valence-corrected chi connectivity index (χ1v) is 11.7. The van der Waals surface area contributed by atoms with Gasteiger partial charge in [0.05, 0.1) is 21.8 Å². The van der Waals surface area contributed by atoms with Gasteiger partial charge in [0.25, 0.3) is 11.5 Å².